The molecule has 0 fully saturated rings. The summed E-state index contributed by atoms with van der Waals surface area (Å²) in [5.74, 6) is -0.345. The number of rotatable bonds is 5. The van der Waals surface area contributed by atoms with Gasteiger partial charge in [0, 0.05) is 13.1 Å². The van der Waals surface area contributed by atoms with Gasteiger partial charge in [-0.3, -0.25) is 4.90 Å². The van der Waals surface area contributed by atoms with Crippen molar-refractivity contribution < 1.29 is 4.39 Å². The molecule has 0 saturated heterocycles. The first kappa shape index (κ1) is 11.7. The molecule has 0 radical (unpaired) electrons. The molecule has 0 aliphatic heterocycles. The molecule has 0 aromatic heterocycles. The fourth-order valence-electron chi connectivity index (χ4n) is 1.45. The van der Waals surface area contributed by atoms with E-state index in [-0.39, 0.29) is 11.5 Å². The summed E-state index contributed by atoms with van der Waals surface area (Å²) < 4.78 is 13.2. The molecule has 82 valence electrons. The minimum Gasteiger partial charge on any atom is -0.396 e. The Morgan fingerprint density at radius 1 is 1.53 bits per heavy atom. The summed E-state index contributed by atoms with van der Waals surface area (Å²) in [4.78, 5) is 2.14. The maximum absolute atomic E-state index is 13.2. The number of para-hydroxylation sites is 1. The van der Waals surface area contributed by atoms with Gasteiger partial charge >= 0.3 is 0 Å². The van der Waals surface area contributed by atoms with Crippen molar-refractivity contribution in [2.45, 2.75) is 13.5 Å². The van der Waals surface area contributed by atoms with E-state index in [1.807, 2.05) is 12.1 Å². The van der Waals surface area contributed by atoms with Crippen LogP contribution in [0.3, 0.4) is 0 Å². The molecule has 15 heavy (non-hydrogen) atoms. The lowest BCUT2D eigenvalue weighted by Gasteiger charge is -2.19. The predicted molar refractivity (Wildman–Crippen MR) is 62.0 cm³/mol. The van der Waals surface area contributed by atoms with E-state index in [1.165, 1.54) is 6.07 Å². The average Bonchev–Trinajstić information content (AvgIpc) is 2.24. The van der Waals surface area contributed by atoms with Gasteiger partial charge in [0.05, 0.1) is 5.69 Å². The molecule has 0 atom stereocenters. The van der Waals surface area contributed by atoms with E-state index in [0.717, 1.165) is 18.7 Å². The van der Waals surface area contributed by atoms with Crippen molar-refractivity contribution in [1.29, 1.82) is 0 Å². The van der Waals surface area contributed by atoms with Crippen LogP contribution in [0.1, 0.15) is 12.5 Å². The highest BCUT2D eigenvalue weighted by Crippen LogP contribution is 2.17. The molecule has 0 heterocycles. The van der Waals surface area contributed by atoms with Crippen LogP contribution < -0.4 is 5.73 Å². The van der Waals surface area contributed by atoms with Gasteiger partial charge in [0.15, 0.2) is 0 Å². The van der Waals surface area contributed by atoms with Gasteiger partial charge in [-0.2, -0.15) is 0 Å². The number of nitrogen functional groups attached to an aromatic ring is 1. The van der Waals surface area contributed by atoms with Gasteiger partial charge in [-0.25, -0.2) is 4.39 Å². The van der Waals surface area contributed by atoms with E-state index in [2.05, 4.69) is 18.4 Å². The largest absolute Gasteiger partial charge is 0.396 e. The smallest absolute Gasteiger partial charge is 0.146 e. The molecule has 0 aliphatic rings. The summed E-state index contributed by atoms with van der Waals surface area (Å²) >= 11 is 0. The Morgan fingerprint density at radius 3 is 2.87 bits per heavy atom. The second-order valence-corrected chi connectivity index (χ2v) is 3.43. The minimum atomic E-state index is -0.345. The van der Waals surface area contributed by atoms with Gasteiger partial charge in [0.2, 0.25) is 0 Å². The van der Waals surface area contributed by atoms with E-state index >= 15 is 0 Å². The van der Waals surface area contributed by atoms with Crippen molar-refractivity contribution in [2.24, 2.45) is 0 Å². The number of likely N-dealkylation sites (N-methyl/N-ethyl adjacent to an activating group) is 1. The Bertz CT molecular complexity index is 336. The van der Waals surface area contributed by atoms with Crippen LogP contribution in [0, 0.1) is 5.82 Å². The number of nitrogens with two attached hydrogens (primary N) is 1. The van der Waals surface area contributed by atoms with Crippen molar-refractivity contribution in [1.82, 2.24) is 4.90 Å². The molecule has 0 amide bonds. The van der Waals surface area contributed by atoms with Gasteiger partial charge in [-0.1, -0.05) is 25.1 Å². The second-order valence-electron chi connectivity index (χ2n) is 3.43. The van der Waals surface area contributed by atoms with Crippen LogP contribution in [0.2, 0.25) is 0 Å². The van der Waals surface area contributed by atoms with Crippen molar-refractivity contribution >= 4 is 5.69 Å². The topological polar surface area (TPSA) is 29.3 Å². The lowest BCUT2D eigenvalue weighted by atomic mass is 10.1. The number of anilines is 1. The molecular weight excluding hydrogens is 191 g/mol. The number of hydrogen-bond acceptors (Lipinski definition) is 2. The molecule has 1 aromatic rings. The number of benzene rings is 1. The van der Waals surface area contributed by atoms with Gasteiger partial charge in [-0.15, -0.1) is 6.58 Å². The van der Waals surface area contributed by atoms with E-state index in [0.29, 0.717) is 6.54 Å². The highest BCUT2D eigenvalue weighted by molar-refractivity contribution is 5.47. The fourth-order valence-corrected chi connectivity index (χ4v) is 1.45. The molecule has 0 bridgehead atoms. The van der Waals surface area contributed by atoms with Gasteiger partial charge < -0.3 is 5.73 Å². The molecule has 3 heteroatoms. The Kier molecular flexibility index (Phi) is 4.31. The lowest BCUT2D eigenvalue weighted by Crippen LogP contribution is -2.23. The van der Waals surface area contributed by atoms with Crippen LogP contribution in [0.15, 0.2) is 30.9 Å². The quantitative estimate of drug-likeness (QED) is 0.594. The first-order valence-electron chi connectivity index (χ1n) is 5.05. The van der Waals surface area contributed by atoms with Crippen LogP contribution in [0.25, 0.3) is 0 Å². The zero-order valence-electron chi connectivity index (χ0n) is 9.04. The lowest BCUT2D eigenvalue weighted by molar-refractivity contribution is 0.311. The van der Waals surface area contributed by atoms with E-state index in [9.17, 15) is 4.39 Å². The average molecular weight is 208 g/mol. The Morgan fingerprint density at radius 2 is 2.27 bits per heavy atom. The number of hydrogen-bond donors (Lipinski definition) is 1. The first-order valence-corrected chi connectivity index (χ1v) is 5.05. The van der Waals surface area contributed by atoms with Crippen molar-refractivity contribution in [3.05, 3.63) is 42.2 Å². The Balaban J connectivity index is 2.78. The molecular formula is C12H17FN2. The number of nitrogens with zero attached hydrogens (tertiary/aromatic N) is 1. The standard InChI is InChI=1S/C12H17FN2/c1-3-8-15(4-2)9-10-6-5-7-11(13)12(10)14/h3,5-7H,1,4,8-9,14H2,2H3. The third kappa shape index (κ3) is 3.06. The summed E-state index contributed by atoms with van der Waals surface area (Å²) in [6.07, 6.45) is 1.83. The third-order valence-corrected chi connectivity index (χ3v) is 2.37. The van der Waals surface area contributed by atoms with E-state index in [1.54, 1.807) is 6.07 Å². The third-order valence-electron chi connectivity index (χ3n) is 2.37. The van der Waals surface area contributed by atoms with Crippen molar-refractivity contribution in [3.8, 4) is 0 Å². The zero-order chi connectivity index (χ0) is 11.3. The summed E-state index contributed by atoms with van der Waals surface area (Å²) in [5, 5.41) is 0. The molecule has 2 N–H and O–H groups in total. The summed E-state index contributed by atoms with van der Waals surface area (Å²) in [7, 11) is 0. The van der Waals surface area contributed by atoms with Crippen molar-refractivity contribution in [3.63, 3.8) is 0 Å². The van der Waals surface area contributed by atoms with Crippen molar-refractivity contribution in [2.75, 3.05) is 18.8 Å². The minimum absolute atomic E-state index is 0.250. The van der Waals surface area contributed by atoms with Crippen LogP contribution in [-0.2, 0) is 6.54 Å². The second kappa shape index (κ2) is 5.51. The molecule has 2 nitrogen and oxygen atoms in total. The van der Waals surface area contributed by atoms with Crippen LogP contribution in [0.4, 0.5) is 10.1 Å². The van der Waals surface area contributed by atoms with Gasteiger partial charge in [0.25, 0.3) is 0 Å². The molecule has 0 aliphatic carbocycles. The maximum atomic E-state index is 13.2. The monoisotopic (exact) mass is 208 g/mol. The van der Waals surface area contributed by atoms with Crippen LogP contribution in [-0.4, -0.2) is 18.0 Å². The van der Waals surface area contributed by atoms with Gasteiger partial charge in [-0.05, 0) is 18.2 Å². The molecule has 1 rings (SSSR count). The molecule has 1 aromatic carbocycles. The summed E-state index contributed by atoms with van der Waals surface area (Å²) in [6, 6.07) is 4.91. The zero-order valence-corrected chi connectivity index (χ0v) is 9.04. The van der Waals surface area contributed by atoms with Crippen LogP contribution in [0.5, 0.6) is 0 Å². The van der Waals surface area contributed by atoms with E-state index < -0.39 is 0 Å². The SMILES string of the molecule is C=CCN(CC)Cc1cccc(F)c1N. The molecule has 0 saturated carbocycles. The highest BCUT2D eigenvalue weighted by atomic mass is 19.1. The maximum Gasteiger partial charge on any atom is 0.146 e. The Labute approximate surface area is 90.2 Å². The summed E-state index contributed by atoms with van der Waals surface area (Å²) in [6.45, 7) is 8.07. The van der Waals surface area contributed by atoms with E-state index in [4.69, 9.17) is 5.73 Å². The predicted octanol–water partition coefficient (Wildman–Crippen LogP) is 2.42. The highest BCUT2D eigenvalue weighted by Gasteiger charge is 2.07. The normalized spacial score (nSPS) is 10.6. The first-order chi connectivity index (χ1) is 7.19. The Hall–Kier alpha value is -1.35. The summed E-state index contributed by atoms with van der Waals surface area (Å²) in [5.41, 5.74) is 6.74. The molecule has 0 unspecified atom stereocenters. The number of halogens is 1. The van der Waals surface area contributed by atoms with Gasteiger partial charge in [0.1, 0.15) is 5.82 Å². The van der Waals surface area contributed by atoms with Crippen LogP contribution >= 0.6 is 0 Å². The fraction of sp³-hybridized carbons (Fsp3) is 0.333. The molecule has 0 spiro atoms.